The summed E-state index contributed by atoms with van der Waals surface area (Å²) in [7, 11) is 0. The number of fused-ring (bicyclic) bond motifs is 3. The maximum atomic E-state index is 13.3. The van der Waals surface area contributed by atoms with E-state index in [2.05, 4.69) is 4.98 Å². The van der Waals surface area contributed by atoms with Crippen LogP contribution >= 0.6 is 0 Å². The summed E-state index contributed by atoms with van der Waals surface area (Å²) in [4.78, 5) is 3.97. The first-order chi connectivity index (χ1) is 10.6. The Morgan fingerprint density at radius 3 is 2.30 bits per heavy atom. The van der Waals surface area contributed by atoms with Crippen molar-refractivity contribution < 1.29 is 26.3 Å². The van der Waals surface area contributed by atoms with Crippen molar-refractivity contribution in [3.05, 3.63) is 41.6 Å². The van der Waals surface area contributed by atoms with E-state index in [1.54, 1.807) is 13.0 Å². The molecule has 0 unspecified atom stereocenters. The van der Waals surface area contributed by atoms with Crippen LogP contribution in [0.15, 0.2) is 30.5 Å². The molecule has 1 aromatic carbocycles. The van der Waals surface area contributed by atoms with Gasteiger partial charge in [-0.2, -0.15) is 26.3 Å². The molecule has 0 aliphatic carbocycles. The van der Waals surface area contributed by atoms with Gasteiger partial charge in [0.05, 0.1) is 27.7 Å². The quantitative estimate of drug-likeness (QED) is 0.557. The molecule has 0 fully saturated rings. The van der Waals surface area contributed by atoms with Gasteiger partial charge in [0, 0.05) is 18.1 Å². The third-order valence-electron chi connectivity index (χ3n) is 3.66. The molecular formula is C15H10F6N2. The van der Waals surface area contributed by atoms with Crippen LogP contribution in [0.1, 0.15) is 18.1 Å². The molecule has 0 saturated carbocycles. The monoisotopic (exact) mass is 332 g/mol. The molecule has 0 saturated heterocycles. The summed E-state index contributed by atoms with van der Waals surface area (Å²) in [6.07, 6.45) is -8.43. The Morgan fingerprint density at radius 1 is 1.04 bits per heavy atom. The molecule has 0 atom stereocenters. The van der Waals surface area contributed by atoms with E-state index in [4.69, 9.17) is 0 Å². The van der Waals surface area contributed by atoms with Crippen molar-refractivity contribution in [3.63, 3.8) is 0 Å². The zero-order valence-electron chi connectivity index (χ0n) is 11.8. The SMILES string of the molecule is CCn1c2cccnc2c2cc(C(F)(F)F)cc(C(F)(F)F)c21. The van der Waals surface area contributed by atoms with E-state index in [0.717, 1.165) is 6.07 Å². The van der Waals surface area contributed by atoms with E-state index in [9.17, 15) is 26.3 Å². The number of alkyl halides is 6. The van der Waals surface area contributed by atoms with Crippen LogP contribution in [0.5, 0.6) is 0 Å². The van der Waals surface area contributed by atoms with Gasteiger partial charge in [-0.1, -0.05) is 0 Å². The third kappa shape index (κ3) is 2.42. The normalized spacial score (nSPS) is 13.2. The molecule has 23 heavy (non-hydrogen) atoms. The lowest BCUT2D eigenvalue weighted by molar-refractivity contribution is -0.142. The number of hydrogen-bond acceptors (Lipinski definition) is 1. The predicted molar refractivity (Wildman–Crippen MR) is 72.9 cm³/mol. The Bertz CT molecular complexity index is 889. The van der Waals surface area contributed by atoms with Crippen LogP contribution in [-0.4, -0.2) is 9.55 Å². The van der Waals surface area contributed by atoms with Crippen LogP contribution in [0, 0.1) is 0 Å². The lowest BCUT2D eigenvalue weighted by Gasteiger charge is -2.15. The third-order valence-corrected chi connectivity index (χ3v) is 3.66. The molecule has 2 nitrogen and oxygen atoms in total. The fourth-order valence-electron chi connectivity index (χ4n) is 2.76. The van der Waals surface area contributed by atoms with Gasteiger partial charge in [-0.15, -0.1) is 0 Å². The number of aryl methyl sites for hydroxylation is 1. The van der Waals surface area contributed by atoms with E-state index in [-0.39, 0.29) is 29.0 Å². The molecular weight excluding hydrogens is 322 g/mol. The number of hydrogen-bond donors (Lipinski definition) is 0. The molecule has 2 aromatic heterocycles. The average Bonchev–Trinajstić information content (AvgIpc) is 2.78. The van der Waals surface area contributed by atoms with Gasteiger partial charge in [-0.25, -0.2) is 0 Å². The van der Waals surface area contributed by atoms with Crippen molar-refractivity contribution in [2.24, 2.45) is 0 Å². The van der Waals surface area contributed by atoms with E-state index in [0.29, 0.717) is 5.52 Å². The van der Waals surface area contributed by atoms with E-state index < -0.39 is 23.5 Å². The Hall–Kier alpha value is -2.25. The number of nitrogens with zero attached hydrogens (tertiary/aromatic N) is 2. The highest BCUT2D eigenvalue weighted by atomic mass is 19.4. The number of rotatable bonds is 1. The van der Waals surface area contributed by atoms with Gasteiger partial charge in [0.25, 0.3) is 0 Å². The van der Waals surface area contributed by atoms with Crippen LogP contribution in [0.4, 0.5) is 26.3 Å². The fourth-order valence-corrected chi connectivity index (χ4v) is 2.76. The van der Waals surface area contributed by atoms with Gasteiger partial charge >= 0.3 is 12.4 Å². The van der Waals surface area contributed by atoms with Gasteiger partial charge in [0.2, 0.25) is 0 Å². The average molecular weight is 332 g/mol. The second kappa shape index (κ2) is 4.87. The first-order valence-electron chi connectivity index (χ1n) is 6.70. The molecule has 3 aromatic rings. The number of benzene rings is 1. The molecule has 0 N–H and O–H groups in total. The maximum absolute atomic E-state index is 13.3. The maximum Gasteiger partial charge on any atom is 0.418 e. The van der Waals surface area contributed by atoms with Crippen LogP contribution in [0.3, 0.4) is 0 Å². The first-order valence-corrected chi connectivity index (χ1v) is 6.70. The lowest BCUT2D eigenvalue weighted by Crippen LogP contribution is -2.12. The summed E-state index contributed by atoms with van der Waals surface area (Å²) in [6, 6.07) is 3.96. The molecule has 3 rings (SSSR count). The predicted octanol–water partition coefficient (Wildman–Crippen LogP) is 5.25. The molecule has 0 bridgehead atoms. The van der Waals surface area contributed by atoms with E-state index in [1.807, 2.05) is 0 Å². The second-order valence-corrected chi connectivity index (χ2v) is 5.03. The lowest BCUT2D eigenvalue weighted by atomic mass is 10.0. The van der Waals surface area contributed by atoms with Gasteiger partial charge < -0.3 is 4.57 Å². The van der Waals surface area contributed by atoms with Gasteiger partial charge in [0.1, 0.15) is 0 Å². The standard InChI is InChI=1S/C15H10F6N2/c1-2-23-11-4-3-5-22-12(11)9-6-8(14(16,17)18)7-10(13(9)23)15(19,20)21/h3-7H,2H2,1H3. The van der Waals surface area contributed by atoms with Crippen LogP contribution in [0.2, 0.25) is 0 Å². The van der Waals surface area contributed by atoms with Crippen molar-refractivity contribution in [1.82, 2.24) is 9.55 Å². The highest BCUT2D eigenvalue weighted by Gasteiger charge is 2.39. The number of halogens is 6. The Kier molecular flexibility index (Phi) is 3.31. The number of pyridine rings is 1. The van der Waals surface area contributed by atoms with Gasteiger partial charge in [-0.05, 0) is 31.2 Å². The Labute approximate surface area is 126 Å². The zero-order chi connectivity index (χ0) is 17.0. The highest BCUT2D eigenvalue weighted by Crippen LogP contribution is 2.42. The van der Waals surface area contributed by atoms with Crippen molar-refractivity contribution in [3.8, 4) is 0 Å². The molecule has 2 heterocycles. The zero-order valence-corrected chi connectivity index (χ0v) is 11.8. The minimum atomic E-state index is -4.90. The van der Waals surface area contributed by atoms with Crippen LogP contribution in [-0.2, 0) is 18.9 Å². The molecule has 0 aliphatic rings. The molecule has 0 radical (unpaired) electrons. The molecule has 0 amide bonds. The van der Waals surface area contributed by atoms with Crippen molar-refractivity contribution in [1.29, 1.82) is 0 Å². The van der Waals surface area contributed by atoms with Gasteiger partial charge in [-0.3, -0.25) is 4.98 Å². The Morgan fingerprint density at radius 2 is 1.74 bits per heavy atom. The summed E-state index contributed by atoms with van der Waals surface area (Å²) in [5, 5.41) is -0.149. The molecule has 122 valence electrons. The smallest absolute Gasteiger partial charge is 0.339 e. The molecule has 0 spiro atoms. The summed E-state index contributed by atoms with van der Waals surface area (Å²) >= 11 is 0. The second-order valence-electron chi connectivity index (χ2n) is 5.03. The highest BCUT2D eigenvalue weighted by molar-refractivity contribution is 6.07. The molecule has 8 heteroatoms. The van der Waals surface area contributed by atoms with Crippen molar-refractivity contribution in [2.45, 2.75) is 25.8 Å². The minimum absolute atomic E-state index is 0.126. The topological polar surface area (TPSA) is 17.8 Å². The van der Waals surface area contributed by atoms with Crippen molar-refractivity contribution in [2.75, 3.05) is 0 Å². The van der Waals surface area contributed by atoms with Crippen LogP contribution < -0.4 is 0 Å². The summed E-state index contributed by atoms with van der Waals surface area (Å²) < 4.78 is 80.3. The van der Waals surface area contributed by atoms with Crippen molar-refractivity contribution >= 4 is 21.9 Å². The fraction of sp³-hybridized carbons (Fsp3) is 0.267. The van der Waals surface area contributed by atoms with Gasteiger partial charge in [0.15, 0.2) is 0 Å². The molecule has 0 aliphatic heterocycles. The summed E-state index contributed by atoms with van der Waals surface area (Å²) in [6.45, 7) is 1.81. The van der Waals surface area contributed by atoms with E-state index in [1.165, 1.54) is 16.8 Å². The first kappa shape index (κ1) is 15.6. The number of aromatic nitrogens is 2. The Balaban J connectivity index is 2.57. The minimum Gasteiger partial charge on any atom is -0.339 e. The largest absolute Gasteiger partial charge is 0.418 e. The van der Waals surface area contributed by atoms with Crippen LogP contribution in [0.25, 0.3) is 21.9 Å². The summed E-state index contributed by atoms with van der Waals surface area (Å²) in [5.41, 5.74) is -2.42. The summed E-state index contributed by atoms with van der Waals surface area (Å²) in [5.74, 6) is 0. The van der Waals surface area contributed by atoms with E-state index >= 15 is 0 Å².